The molecule has 31 heavy (non-hydrogen) atoms. The molecule has 0 atom stereocenters. The van der Waals surface area contributed by atoms with Gasteiger partial charge in [-0.2, -0.15) is 0 Å². The quantitative estimate of drug-likeness (QED) is 0.180. The van der Waals surface area contributed by atoms with Gasteiger partial charge < -0.3 is 0 Å². The Morgan fingerprint density at radius 1 is 1.06 bits per heavy atom. The Kier molecular flexibility index (Phi) is 11.3. The minimum atomic E-state index is 0.808. The molecule has 0 fully saturated rings. The molecule has 1 aromatic rings. The number of hydrogen-bond acceptors (Lipinski definition) is 1. The fourth-order valence-corrected chi connectivity index (χ4v) is 5.21. The number of rotatable bonds is 12. The van der Waals surface area contributed by atoms with Crippen molar-refractivity contribution in [1.82, 2.24) is 0 Å². The van der Waals surface area contributed by atoms with E-state index in [0.29, 0.717) is 0 Å². The molecule has 2 heteroatoms. The van der Waals surface area contributed by atoms with E-state index in [9.17, 15) is 0 Å². The second kappa shape index (κ2) is 13.7. The summed E-state index contributed by atoms with van der Waals surface area (Å²) in [5.74, 6) is 2.11. The van der Waals surface area contributed by atoms with Gasteiger partial charge in [-0.05, 0) is 80.6 Å². The van der Waals surface area contributed by atoms with Crippen molar-refractivity contribution in [3.8, 4) is 0 Å². The van der Waals surface area contributed by atoms with Gasteiger partial charge in [0.1, 0.15) is 0 Å². The molecular formula is C29H41BS. The van der Waals surface area contributed by atoms with Crippen LogP contribution in [0, 0.1) is 6.92 Å². The van der Waals surface area contributed by atoms with Crippen LogP contribution in [0.4, 0.5) is 0 Å². The van der Waals surface area contributed by atoms with Crippen molar-refractivity contribution in [3.63, 3.8) is 0 Å². The van der Waals surface area contributed by atoms with Crippen molar-refractivity contribution in [1.29, 1.82) is 0 Å². The second-order valence-electron chi connectivity index (χ2n) is 8.81. The predicted molar refractivity (Wildman–Crippen MR) is 147 cm³/mol. The van der Waals surface area contributed by atoms with Crippen molar-refractivity contribution in [2.45, 2.75) is 79.9 Å². The third kappa shape index (κ3) is 8.07. The van der Waals surface area contributed by atoms with Crippen molar-refractivity contribution >= 4 is 28.8 Å². The summed E-state index contributed by atoms with van der Waals surface area (Å²) >= 11 is 2.14. The van der Waals surface area contributed by atoms with E-state index in [1.54, 1.807) is 5.57 Å². The molecule has 0 saturated heterocycles. The largest absolute Gasteiger partial charge is 0.210 e. The Hall–Kier alpha value is -1.67. The Labute approximate surface area is 196 Å². The van der Waals surface area contributed by atoms with E-state index in [1.807, 2.05) is 0 Å². The summed E-state index contributed by atoms with van der Waals surface area (Å²) in [6.45, 7) is 13.4. The van der Waals surface area contributed by atoms with Gasteiger partial charge >= 0.3 is 0 Å². The van der Waals surface area contributed by atoms with Crippen molar-refractivity contribution in [2.75, 3.05) is 5.75 Å². The summed E-state index contributed by atoms with van der Waals surface area (Å²) in [7, 11) is 0. The smallest absolute Gasteiger partial charge is 0.206 e. The Morgan fingerprint density at radius 2 is 1.87 bits per heavy atom. The molecule has 0 aromatic heterocycles. The molecule has 0 radical (unpaired) electrons. The molecule has 0 nitrogen and oxygen atoms in total. The topological polar surface area (TPSA) is 0 Å². The third-order valence-corrected chi connectivity index (χ3v) is 7.40. The molecule has 1 aromatic carbocycles. The molecule has 0 heterocycles. The normalized spacial score (nSPS) is 15.7. The first-order valence-corrected chi connectivity index (χ1v) is 13.1. The SMILES string of the molecule is C\C=C/C(C)=C\C=C\C=C1\C(C)=C(CCCCCB(C)SCCC)c2cc(C)ccc21. The fourth-order valence-electron chi connectivity index (χ4n) is 4.24. The van der Waals surface area contributed by atoms with E-state index >= 15 is 0 Å². The van der Waals surface area contributed by atoms with Crippen LogP contribution in [0.25, 0.3) is 11.1 Å². The Bertz CT molecular complexity index is 867. The molecule has 0 aliphatic heterocycles. The highest BCUT2D eigenvalue weighted by molar-refractivity contribution is 8.25. The monoisotopic (exact) mass is 432 g/mol. The molecule has 1 aliphatic rings. The molecule has 2 rings (SSSR count). The zero-order valence-electron chi connectivity index (χ0n) is 20.6. The molecule has 166 valence electrons. The number of benzene rings is 1. The zero-order chi connectivity index (χ0) is 22.6. The van der Waals surface area contributed by atoms with Crippen LogP contribution in [0.1, 0.15) is 76.5 Å². The highest BCUT2D eigenvalue weighted by atomic mass is 32.2. The maximum absolute atomic E-state index is 2.39. The van der Waals surface area contributed by atoms with Crippen LogP contribution in [0.3, 0.4) is 0 Å². The first-order valence-electron chi connectivity index (χ1n) is 12.1. The van der Waals surface area contributed by atoms with Crippen molar-refractivity contribution < 1.29 is 0 Å². The van der Waals surface area contributed by atoms with Gasteiger partial charge in [-0.25, -0.2) is 11.6 Å². The maximum atomic E-state index is 2.39. The molecular weight excluding hydrogens is 391 g/mol. The van der Waals surface area contributed by atoms with Gasteiger partial charge in [-0.3, -0.25) is 0 Å². The van der Waals surface area contributed by atoms with Gasteiger partial charge in [0.25, 0.3) is 0 Å². The lowest BCUT2D eigenvalue weighted by Gasteiger charge is -2.09. The van der Waals surface area contributed by atoms with Crippen LogP contribution in [-0.2, 0) is 0 Å². The van der Waals surface area contributed by atoms with E-state index in [0.717, 1.165) is 5.99 Å². The predicted octanol–water partition coefficient (Wildman–Crippen LogP) is 9.57. The second-order valence-corrected chi connectivity index (χ2v) is 10.4. The number of unbranched alkanes of at least 4 members (excludes halogenated alkanes) is 2. The average Bonchev–Trinajstić information content (AvgIpc) is 3.00. The first-order chi connectivity index (χ1) is 15.0. The van der Waals surface area contributed by atoms with Crippen LogP contribution in [0.15, 0.2) is 65.8 Å². The summed E-state index contributed by atoms with van der Waals surface area (Å²) in [6, 6.07) is 6.95. The Balaban J connectivity index is 2.06. The van der Waals surface area contributed by atoms with E-state index in [1.165, 1.54) is 77.6 Å². The van der Waals surface area contributed by atoms with Crippen LogP contribution in [0.2, 0.25) is 13.1 Å². The van der Waals surface area contributed by atoms with Crippen molar-refractivity contribution in [3.05, 3.63) is 82.5 Å². The van der Waals surface area contributed by atoms with E-state index in [-0.39, 0.29) is 0 Å². The summed E-state index contributed by atoms with van der Waals surface area (Å²) in [5.41, 5.74) is 9.91. The van der Waals surface area contributed by atoms with Crippen LogP contribution < -0.4 is 0 Å². The number of fused-ring (bicyclic) bond motifs is 1. The maximum Gasteiger partial charge on any atom is 0.206 e. The molecule has 1 aliphatic carbocycles. The first kappa shape index (κ1) is 25.6. The van der Waals surface area contributed by atoms with Gasteiger partial charge in [-0.15, -0.1) is 0 Å². The van der Waals surface area contributed by atoms with Gasteiger partial charge in [0.15, 0.2) is 0 Å². The third-order valence-electron chi connectivity index (χ3n) is 5.95. The molecule has 0 amide bonds. The fraction of sp³-hybridized carbons (Fsp3) is 0.448. The van der Waals surface area contributed by atoms with Crippen LogP contribution in [0.5, 0.6) is 0 Å². The number of hydrogen-bond donors (Lipinski definition) is 0. The van der Waals surface area contributed by atoms with E-state index in [4.69, 9.17) is 0 Å². The molecule has 0 spiro atoms. The van der Waals surface area contributed by atoms with Crippen LogP contribution >= 0.6 is 11.6 Å². The zero-order valence-corrected chi connectivity index (χ0v) is 21.4. The highest BCUT2D eigenvalue weighted by Gasteiger charge is 2.22. The van der Waals surface area contributed by atoms with Gasteiger partial charge in [-0.1, -0.05) is 98.7 Å². The minimum absolute atomic E-state index is 0.808. The summed E-state index contributed by atoms with van der Waals surface area (Å²) in [6.07, 6.45) is 20.8. The lowest BCUT2D eigenvalue weighted by atomic mass is 9.73. The Morgan fingerprint density at radius 3 is 2.61 bits per heavy atom. The number of aryl methyl sites for hydroxylation is 1. The van der Waals surface area contributed by atoms with Gasteiger partial charge in [0.2, 0.25) is 5.99 Å². The molecule has 0 bridgehead atoms. The number of allylic oxidation sites excluding steroid dienone is 10. The van der Waals surface area contributed by atoms with E-state index < -0.39 is 0 Å². The minimum Gasteiger partial charge on any atom is -0.210 e. The summed E-state index contributed by atoms with van der Waals surface area (Å²) in [4.78, 5) is 0. The van der Waals surface area contributed by atoms with Gasteiger partial charge in [0.05, 0.1) is 0 Å². The standard InChI is InChI=1S/C29H41BS/c1-7-14-23(3)15-11-12-17-26-25(5)27(29-22-24(4)18-19-28(26)29)16-10-9-13-20-30(6)31-21-8-2/h7,11-12,14-15,17-19,22H,8-10,13,16,20-21H2,1-6H3/b12-11+,14-7-,23-15-,26-17-. The lowest BCUT2D eigenvalue weighted by Crippen LogP contribution is -2.01. The molecule has 0 N–H and O–H groups in total. The van der Waals surface area contributed by atoms with Crippen molar-refractivity contribution in [2.24, 2.45) is 0 Å². The molecule has 0 unspecified atom stereocenters. The van der Waals surface area contributed by atoms with Gasteiger partial charge in [0, 0.05) is 0 Å². The highest BCUT2D eigenvalue weighted by Crippen LogP contribution is 2.43. The summed E-state index contributed by atoms with van der Waals surface area (Å²) < 4.78 is 0. The molecule has 0 saturated carbocycles. The van der Waals surface area contributed by atoms with E-state index in [2.05, 4.69) is 108 Å². The van der Waals surface area contributed by atoms with Crippen LogP contribution in [-0.4, -0.2) is 11.7 Å². The summed E-state index contributed by atoms with van der Waals surface area (Å²) in [5, 5.41) is 0. The average molecular weight is 433 g/mol. The lowest BCUT2D eigenvalue weighted by molar-refractivity contribution is 0.732.